The van der Waals surface area contributed by atoms with E-state index in [1.54, 1.807) is 0 Å². The summed E-state index contributed by atoms with van der Waals surface area (Å²) < 4.78 is 16.7. The van der Waals surface area contributed by atoms with E-state index in [-0.39, 0.29) is 6.03 Å². The van der Waals surface area contributed by atoms with E-state index in [2.05, 4.69) is 17.6 Å². The van der Waals surface area contributed by atoms with Gasteiger partial charge in [0.1, 0.15) is 19.0 Å². The summed E-state index contributed by atoms with van der Waals surface area (Å²) in [5.41, 5.74) is 1.82. The number of rotatable bonds is 8. The molecule has 1 heterocycles. The minimum absolute atomic E-state index is 0.229. The molecule has 2 N–H and O–H groups in total. The molecular formula is C21H26N2O4. The van der Waals surface area contributed by atoms with Gasteiger partial charge in [-0.3, -0.25) is 0 Å². The van der Waals surface area contributed by atoms with Crippen molar-refractivity contribution in [3.8, 4) is 17.2 Å². The van der Waals surface area contributed by atoms with Crippen molar-refractivity contribution in [2.24, 2.45) is 0 Å². The molecule has 1 aliphatic rings. The van der Waals surface area contributed by atoms with Gasteiger partial charge < -0.3 is 24.8 Å². The average Bonchev–Trinajstić information content (AvgIpc) is 2.69. The Balaban J connectivity index is 1.40. The third kappa shape index (κ3) is 5.81. The largest absolute Gasteiger partial charge is 0.494 e. The number of anilines is 1. The first-order valence-electron chi connectivity index (χ1n) is 9.41. The molecule has 0 saturated carbocycles. The van der Waals surface area contributed by atoms with Gasteiger partial charge in [-0.15, -0.1) is 0 Å². The van der Waals surface area contributed by atoms with Crippen LogP contribution in [0, 0.1) is 0 Å². The molecule has 0 aliphatic carbocycles. The highest BCUT2D eigenvalue weighted by Crippen LogP contribution is 2.30. The summed E-state index contributed by atoms with van der Waals surface area (Å²) in [5, 5.41) is 5.69. The molecule has 2 aromatic carbocycles. The fourth-order valence-corrected chi connectivity index (χ4v) is 2.71. The van der Waals surface area contributed by atoms with Crippen LogP contribution in [0.25, 0.3) is 0 Å². The molecule has 0 radical (unpaired) electrons. The van der Waals surface area contributed by atoms with Crippen molar-refractivity contribution < 1.29 is 19.0 Å². The zero-order valence-corrected chi connectivity index (χ0v) is 15.6. The topological polar surface area (TPSA) is 68.8 Å². The second-order valence-electron chi connectivity index (χ2n) is 6.34. The van der Waals surface area contributed by atoms with Crippen LogP contribution in [0.4, 0.5) is 10.5 Å². The molecule has 0 spiro atoms. The Morgan fingerprint density at radius 2 is 1.85 bits per heavy atom. The third-order valence-corrected chi connectivity index (χ3v) is 4.18. The van der Waals surface area contributed by atoms with Gasteiger partial charge in [-0.1, -0.05) is 19.4 Å². The van der Waals surface area contributed by atoms with Gasteiger partial charge in [-0.05, 0) is 54.8 Å². The third-order valence-electron chi connectivity index (χ3n) is 4.18. The van der Waals surface area contributed by atoms with Crippen LogP contribution >= 0.6 is 0 Å². The fraction of sp³-hybridized carbons (Fsp3) is 0.381. The van der Waals surface area contributed by atoms with Gasteiger partial charge >= 0.3 is 6.03 Å². The molecule has 144 valence electrons. The molecule has 2 amide bonds. The predicted molar refractivity (Wildman–Crippen MR) is 105 cm³/mol. The quantitative estimate of drug-likeness (QED) is 0.689. The number of hydrogen-bond acceptors (Lipinski definition) is 4. The molecule has 0 bridgehead atoms. The number of urea groups is 1. The van der Waals surface area contributed by atoms with E-state index in [4.69, 9.17) is 14.2 Å². The molecule has 1 aliphatic heterocycles. The van der Waals surface area contributed by atoms with E-state index in [9.17, 15) is 4.79 Å². The highest BCUT2D eigenvalue weighted by Gasteiger charge is 2.11. The van der Waals surface area contributed by atoms with Gasteiger partial charge in [0.25, 0.3) is 0 Å². The van der Waals surface area contributed by atoms with Crippen molar-refractivity contribution in [3.63, 3.8) is 0 Å². The number of unbranched alkanes of at least 4 members (excludes halogenated alkanes) is 1. The lowest BCUT2D eigenvalue weighted by atomic mass is 10.1. The fourth-order valence-electron chi connectivity index (χ4n) is 2.71. The number of benzene rings is 2. The van der Waals surface area contributed by atoms with Gasteiger partial charge in [-0.25, -0.2) is 4.79 Å². The van der Waals surface area contributed by atoms with Gasteiger partial charge in [0.15, 0.2) is 11.5 Å². The first-order valence-corrected chi connectivity index (χ1v) is 9.41. The van der Waals surface area contributed by atoms with E-state index in [0.717, 1.165) is 41.3 Å². The van der Waals surface area contributed by atoms with Crippen LogP contribution in [0.1, 0.15) is 25.3 Å². The van der Waals surface area contributed by atoms with Crippen molar-refractivity contribution in [3.05, 3.63) is 48.0 Å². The van der Waals surface area contributed by atoms with Gasteiger partial charge in [0.05, 0.1) is 6.61 Å². The number of ether oxygens (including phenoxy) is 3. The molecule has 0 aromatic heterocycles. The van der Waals surface area contributed by atoms with Crippen molar-refractivity contribution in [2.75, 3.05) is 31.7 Å². The predicted octanol–water partition coefficient (Wildman–Crippen LogP) is 4.00. The monoisotopic (exact) mass is 370 g/mol. The smallest absolute Gasteiger partial charge is 0.319 e. The summed E-state index contributed by atoms with van der Waals surface area (Å²) in [5.74, 6) is 2.36. The first-order chi connectivity index (χ1) is 13.2. The lowest BCUT2D eigenvalue weighted by molar-refractivity contribution is 0.171. The second-order valence-corrected chi connectivity index (χ2v) is 6.34. The Morgan fingerprint density at radius 1 is 1.07 bits per heavy atom. The van der Waals surface area contributed by atoms with E-state index in [1.165, 1.54) is 0 Å². The molecule has 6 heteroatoms. The lowest BCUT2D eigenvalue weighted by Gasteiger charge is -2.18. The SMILES string of the molecule is CCCCOc1ccc(NC(=O)NCCc2ccc3c(c2)OCCO3)cc1. The van der Waals surface area contributed by atoms with Gasteiger partial charge in [0.2, 0.25) is 0 Å². The molecule has 27 heavy (non-hydrogen) atoms. The minimum Gasteiger partial charge on any atom is -0.494 e. The zero-order chi connectivity index (χ0) is 18.9. The van der Waals surface area contributed by atoms with Crippen molar-refractivity contribution >= 4 is 11.7 Å². The Morgan fingerprint density at radius 3 is 2.63 bits per heavy atom. The number of carbonyl (C=O) groups is 1. The van der Waals surface area contributed by atoms with Crippen molar-refractivity contribution in [1.82, 2.24) is 5.32 Å². The maximum atomic E-state index is 12.0. The molecule has 2 aromatic rings. The molecule has 0 fully saturated rings. The second kappa shape index (κ2) is 9.71. The number of fused-ring (bicyclic) bond motifs is 1. The summed E-state index contributed by atoms with van der Waals surface area (Å²) in [4.78, 5) is 12.0. The van der Waals surface area contributed by atoms with E-state index in [1.807, 2.05) is 42.5 Å². The normalized spacial score (nSPS) is 12.3. The van der Waals surface area contributed by atoms with Gasteiger partial charge in [-0.2, -0.15) is 0 Å². The maximum absolute atomic E-state index is 12.0. The highest BCUT2D eigenvalue weighted by atomic mass is 16.6. The van der Waals surface area contributed by atoms with Crippen LogP contribution in [0.2, 0.25) is 0 Å². The zero-order valence-electron chi connectivity index (χ0n) is 15.6. The molecule has 3 rings (SSSR count). The van der Waals surface area contributed by atoms with Crippen LogP contribution < -0.4 is 24.8 Å². The summed E-state index contributed by atoms with van der Waals surface area (Å²) in [6.07, 6.45) is 2.85. The number of nitrogens with one attached hydrogen (secondary N) is 2. The standard InChI is InChI=1S/C21H26N2O4/c1-2-3-12-25-18-7-5-17(6-8-18)23-21(24)22-11-10-16-4-9-19-20(15-16)27-14-13-26-19/h4-9,15H,2-3,10-14H2,1H3,(H2,22,23,24). The molecule has 6 nitrogen and oxygen atoms in total. The Labute approximate surface area is 159 Å². The van der Waals surface area contributed by atoms with E-state index < -0.39 is 0 Å². The number of carbonyl (C=O) groups excluding carboxylic acids is 1. The van der Waals surface area contributed by atoms with E-state index in [0.29, 0.717) is 32.8 Å². The number of hydrogen-bond donors (Lipinski definition) is 2. The van der Waals surface area contributed by atoms with Crippen LogP contribution in [-0.4, -0.2) is 32.4 Å². The molecular weight excluding hydrogens is 344 g/mol. The summed E-state index contributed by atoms with van der Waals surface area (Å²) >= 11 is 0. The van der Waals surface area contributed by atoms with Crippen LogP contribution in [0.3, 0.4) is 0 Å². The Kier molecular flexibility index (Phi) is 6.79. The van der Waals surface area contributed by atoms with Crippen molar-refractivity contribution in [1.29, 1.82) is 0 Å². The van der Waals surface area contributed by atoms with E-state index >= 15 is 0 Å². The summed E-state index contributed by atoms with van der Waals surface area (Å²) in [6, 6.07) is 13.0. The Bertz CT molecular complexity index is 746. The maximum Gasteiger partial charge on any atom is 0.319 e. The van der Waals surface area contributed by atoms with Crippen LogP contribution in [0.15, 0.2) is 42.5 Å². The summed E-state index contributed by atoms with van der Waals surface area (Å²) in [6.45, 7) is 4.52. The van der Waals surface area contributed by atoms with Crippen LogP contribution in [0.5, 0.6) is 17.2 Å². The lowest BCUT2D eigenvalue weighted by Crippen LogP contribution is -2.30. The molecule has 0 unspecified atom stereocenters. The molecule has 0 saturated heterocycles. The van der Waals surface area contributed by atoms with Crippen LogP contribution in [-0.2, 0) is 6.42 Å². The average molecular weight is 370 g/mol. The molecule has 0 atom stereocenters. The summed E-state index contributed by atoms with van der Waals surface area (Å²) in [7, 11) is 0. The first kappa shape index (κ1) is 18.9. The highest BCUT2D eigenvalue weighted by molar-refractivity contribution is 5.89. The Hall–Kier alpha value is -2.89. The van der Waals surface area contributed by atoms with Gasteiger partial charge in [0, 0.05) is 12.2 Å². The minimum atomic E-state index is -0.229. The van der Waals surface area contributed by atoms with Crippen molar-refractivity contribution in [2.45, 2.75) is 26.2 Å². The number of amides is 2.